The van der Waals surface area contributed by atoms with Crippen molar-refractivity contribution in [3.63, 3.8) is 0 Å². The Bertz CT molecular complexity index is 3110. The van der Waals surface area contributed by atoms with Crippen LogP contribution in [0.25, 0.3) is 44.9 Å². The highest BCUT2D eigenvalue weighted by Gasteiger charge is 2.58. The maximum Gasteiger partial charge on any atom is 0.514 e. The fourth-order valence-corrected chi connectivity index (χ4v) is 9.28. The zero-order chi connectivity index (χ0) is 45.5. The van der Waals surface area contributed by atoms with Crippen LogP contribution in [0.4, 0.5) is 15.3 Å². The number of aromatic nitrogens is 3. The Kier molecular flexibility index (Phi) is 10.0. The van der Waals surface area contributed by atoms with Crippen molar-refractivity contribution in [3.05, 3.63) is 129 Å². The number of benzene rings is 4. The number of hydrogen-bond acceptors (Lipinski definition) is 11. The molecule has 7 aromatic rings. The van der Waals surface area contributed by atoms with E-state index in [0.717, 1.165) is 5.56 Å². The summed E-state index contributed by atoms with van der Waals surface area (Å²) in [6.07, 6.45) is -1.99. The lowest BCUT2D eigenvalue weighted by molar-refractivity contribution is -0.124. The number of rotatable bonds is 5. The summed E-state index contributed by atoms with van der Waals surface area (Å²) in [7, 11) is 0. The van der Waals surface area contributed by atoms with Crippen LogP contribution >= 0.6 is 23.2 Å². The number of amides is 3. The van der Waals surface area contributed by atoms with Crippen LogP contribution in [0.1, 0.15) is 74.6 Å². The third kappa shape index (κ3) is 7.06. The minimum Gasteiger partial charge on any atom is -0.445 e. The number of aromatic amines is 1. The molecule has 0 saturated carbocycles. The van der Waals surface area contributed by atoms with Gasteiger partial charge in [0.15, 0.2) is 27.8 Å². The Morgan fingerprint density at radius 2 is 1.71 bits per heavy atom. The van der Waals surface area contributed by atoms with Crippen molar-refractivity contribution in [1.82, 2.24) is 25.6 Å². The Labute approximate surface area is 381 Å². The number of carbonyl (C=O) groups is 4. The molecular weight excluding hydrogens is 875 g/mol. The van der Waals surface area contributed by atoms with Crippen LogP contribution in [-0.4, -0.2) is 50.7 Å². The van der Waals surface area contributed by atoms with E-state index < -0.39 is 47.2 Å². The molecule has 0 aliphatic carbocycles. The second-order valence-electron chi connectivity index (χ2n) is 17.4. The molecule has 14 bridgehead atoms. The van der Waals surface area contributed by atoms with Crippen molar-refractivity contribution in [1.29, 1.82) is 0 Å². The molecular formula is C48H40Cl2N6O9. The summed E-state index contributed by atoms with van der Waals surface area (Å²) >= 11 is 13.9. The molecule has 0 unspecified atom stereocenters. The Morgan fingerprint density at radius 1 is 0.938 bits per heavy atom. The predicted octanol–water partition coefficient (Wildman–Crippen LogP) is 10.0. The number of halogens is 2. The van der Waals surface area contributed by atoms with Crippen LogP contribution in [0.3, 0.4) is 0 Å². The third-order valence-electron chi connectivity index (χ3n) is 11.6. The Hall–Kier alpha value is -7.10. The van der Waals surface area contributed by atoms with Gasteiger partial charge in [-0.3, -0.25) is 9.59 Å². The van der Waals surface area contributed by atoms with E-state index in [2.05, 4.69) is 25.9 Å². The highest BCUT2D eigenvalue weighted by atomic mass is 35.5. The molecule has 330 valence electrons. The summed E-state index contributed by atoms with van der Waals surface area (Å²) in [5.41, 5.74) is 1.49. The molecule has 0 fully saturated rings. The van der Waals surface area contributed by atoms with E-state index in [1.54, 1.807) is 39.0 Å². The molecule has 4 N–H and O–H groups in total. The lowest BCUT2D eigenvalue weighted by atomic mass is 9.71. The van der Waals surface area contributed by atoms with Gasteiger partial charge >= 0.3 is 12.2 Å². The molecule has 3 aromatic heterocycles. The van der Waals surface area contributed by atoms with E-state index >= 15 is 4.79 Å². The van der Waals surface area contributed by atoms with Crippen LogP contribution < -0.4 is 20.7 Å². The lowest BCUT2D eigenvalue weighted by Gasteiger charge is -2.30. The molecule has 3 atom stereocenters. The van der Waals surface area contributed by atoms with Gasteiger partial charge in [-0.05, 0) is 43.9 Å². The first kappa shape index (κ1) is 41.9. The summed E-state index contributed by atoms with van der Waals surface area (Å²) in [5.74, 6) is -1.76. The van der Waals surface area contributed by atoms with Gasteiger partial charge in [-0.2, -0.15) is 4.98 Å². The maximum atomic E-state index is 15.7. The van der Waals surface area contributed by atoms with Crippen molar-refractivity contribution >= 4 is 63.9 Å². The van der Waals surface area contributed by atoms with Crippen LogP contribution in [-0.2, 0) is 37.5 Å². The predicted molar refractivity (Wildman–Crippen MR) is 240 cm³/mol. The van der Waals surface area contributed by atoms with Gasteiger partial charge in [-0.1, -0.05) is 116 Å². The number of ether oxygens (including phenoxy) is 3. The number of nitrogens with one attached hydrogen (secondary N) is 4. The van der Waals surface area contributed by atoms with E-state index in [1.807, 2.05) is 74.5 Å². The summed E-state index contributed by atoms with van der Waals surface area (Å²) in [4.78, 5) is 70.3. The van der Waals surface area contributed by atoms with E-state index in [4.69, 9.17) is 51.2 Å². The normalized spacial score (nSPS) is 18.4. The quantitative estimate of drug-likeness (QED) is 0.0946. The molecule has 3 amide bonds. The molecule has 6 heterocycles. The molecule has 15 nitrogen and oxygen atoms in total. The van der Waals surface area contributed by atoms with Gasteiger partial charge in [-0.25, -0.2) is 14.6 Å². The van der Waals surface area contributed by atoms with Gasteiger partial charge in [0.25, 0.3) is 5.89 Å². The van der Waals surface area contributed by atoms with E-state index in [0.29, 0.717) is 44.4 Å². The number of hydrogen-bond donors (Lipinski definition) is 4. The fraction of sp³-hybridized carbons (Fsp3) is 0.250. The smallest absolute Gasteiger partial charge is 0.445 e. The number of carbonyl (C=O) groups excluding carboxylic acids is 4. The molecule has 1 spiro atoms. The van der Waals surface area contributed by atoms with Crippen LogP contribution in [0.2, 0.25) is 10.3 Å². The zero-order valence-corrected chi connectivity index (χ0v) is 37.1. The van der Waals surface area contributed by atoms with E-state index in [1.165, 1.54) is 6.07 Å². The largest absolute Gasteiger partial charge is 0.514 e. The molecule has 0 radical (unpaired) electrons. The number of alkyl carbamates (subject to hydrolysis) is 1. The van der Waals surface area contributed by atoms with Gasteiger partial charge in [0.2, 0.25) is 17.7 Å². The van der Waals surface area contributed by atoms with Crippen molar-refractivity contribution in [3.8, 4) is 39.8 Å². The maximum absolute atomic E-state index is 15.7. The molecule has 10 rings (SSSR count). The molecule has 17 heteroatoms. The Morgan fingerprint density at radius 3 is 2.48 bits per heavy atom. The van der Waals surface area contributed by atoms with Gasteiger partial charge in [0.05, 0.1) is 16.8 Å². The van der Waals surface area contributed by atoms with Gasteiger partial charge < -0.3 is 44.0 Å². The first-order chi connectivity index (χ1) is 31.1. The zero-order valence-electron chi connectivity index (χ0n) is 35.6. The third-order valence-corrected chi connectivity index (χ3v) is 12.2. The topological polar surface area (TPSA) is 200 Å². The average Bonchev–Trinajstić information content (AvgIpc) is 4.02. The summed E-state index contributed by atoms with van der Waals surface area (Å²) < 4.78 is 30.7. The minimum atomic E-state index is -2.03. The van der Waals surface area contributed by atoms with Crippen molar-refractivity contribution < 1.29 is 42.2 Å². The molecule has 65 heavy (non-hydrogen) atoms. The number of nitrogens with zero attached hydrogens (tertiary/aromatic N) is 2. The molecule has 3 aliphatic rings. The number of H-pyrrole nitrogens is 1. The second kappa shape index (κ2) is 15.6. The van der Waals surface area contributed by atoms with E-state index in [-0.39, 0.29) is 69.6 Å². The van der Waals surface area contributed by atoms with Crippen LogP contribution in [0.5, 0.6) is 5.75 Å². The van der Waals surface area contributed by atoms with Gasteiger partial charge in [0.1, 0.15) is 35.2 Å². The number of para-hydroxylation sites is 2. The average molecular weight is 916 g/mol. The number of anilines is 1. The van der Waals surface area contributed by atoms with Crippen molar-refractivity contribution in [2.75, 3.05) is 5.32 Å². The second-order valence-corrected chi connectivity index (χ2v) is 18.2. The highest BCUT2D eigenvalue weighted by molar-refractivity contribution is 6.37. The minimum absolute atomic E-state index is 0.0258. The summed E-state index contributed by atoms with van der Waals surface area (Å²) in [6.45, 7) is 8.74. The first-order valence-electron chi connectivity index (χ1n) is 20.9. The summed E-state index contributed by atoms with van der Waals surface area (Å²) in [6, 6.07) is 22.8. The van der Waals surface area contributed by atoms with Crippen LogP contribution in [0, 0.1) is 5.92 Å². The van der Waals surface area contributed by atoms with E-state index in [9.17, 15) is 14.4 Å². The summed E-state index contributed by atoms with van der Waals surface area (Å²) in [5, 5.41) is 9.80. The Balaban J connectivity index is 1.26. The lowest BCUT2D eigenvalue weighted by Crippen LogP contribution is -2.49. The SMILES string of the molecule is CC(C)[C@@H]1NC(=O)[C@@H](NC(=O)OCc2ccccc2)Cc2ccc(OC(=O)OC(C)(C)C)c(c2)[C@@]23C(=O)Nc4c(cccc42)-c2cccc4c(c(Cl)[nH]c24)-c2oc(nc2Cl)-c2nc1oc23. The van der Waals surface area contributed by atoms with Crippen LogP contribution in [0.15, 0.2) is 93.8 Å². The molecule has 0 saturated heterocycles. The van der Waals surface area contributed by atoms with Gasteiger partial charge in [0, 0.05) is 34.1 Å². The first-order valence-corrected chi connectivity index (χ1v) is 21.6. The number of oxazole rings is 2. The molecule has 3 aliphatic heterocycles. The standard InChI is InChI=1S/C48H40Cl2N6O9/c1-22(2)33-42-54-36-38(64-42)48(28-16-10-14-26(35(28)55-44(48)58)25-13-9-15-27-32(39(49)52-34(25)27)37-40(50)56-43(36)63-37)29-19-24(17-18-31(29)62-46(60)65-47(3,4)5)20-30(41(57)53-33)51-45(59)61-21-23-11-7-6-8-12-23/h6-19,22,30,33,52H,20-21H2,1-5H3,(H,51,59)(H,53,57)(H,55,58)/t30-,33-,48-/m0/s1. The van der Waals surface area contributed by atoms with Gasteiger partial charge in [-0.15, -0.1) is 0 Å². The fourth-order valence-electron chi connectivity index (χ4n) is 8.79. The van der Waals surface area contributed by atoms with Crippen molar-refractivity contribution in [2.24, 2.45) is 5.92 Å². The monoisotopic (exact) mass is 914 g/mol. The number of fused-ring (bicyclic) bond motifs is 8. The van der Waals surface area contributed by atoms with Crippen molar-refractivity contribution in [2.45, 2.75) is 70.7 Å². The highest BCUT2D eigenvalue weighted by Crippen LogP contribution is 2.57. The molecule has 4 aromatic carbocycles.